The molecular weight excluding hydrogens is 589 g/mol. The Balaban J connectivity index is 1.60. The van der Waals surface area contributed by atoms with E-state index in [1.807, 2.05) is 11.8 Å². The number of hydrogen-bond acceptors (Lipinski definition) is 6. The summed E-state index contributed by atoms with van der Waals surface area (Å²) in [5, 5.41) is 10.7. The second-order valence-electron chi connectivity index (χ2n) is 10.3. The average Bonchev–Trinajstić information content (AvgIpc) is 2.92. The molecular formula is C31H30Cl3NO6. The van der Waals surface area contributed by atoms with Crippen molar-refractivity contribution in [3.8, 4) is 11.5 Å². The Kier molecular flexibility index (Phi) is 8.97. The molecule has 2 aromatic rings. The number of nitrogens with zero attached hydrogens (tertiary/aromatic N) is 1. The molecule has 41 heavy (non-hydrogen) atoms. The van der Waals surface area contributed by atoms with E-state index in [1.54, 1.807) is 30.3 Å². The molecule has 0 saturated carbocycles. The largest absolute Gasteiger partial charge is 0.490 e. The molecule has 0 bridgehead atoms. The molecule has 0 amide bonds. The first kappa shape index (κ1) is 29.5. The van der Waals surface area contributed by atoms with Crippen LogP contribution >= 0.6 is 34.8 Å². The predicted molar refractivity (Wildman–Crippen MR) is 157 cm³/mol. The molecule has 0 saturated heterocycles. The van der Waals surface area contributed by atoms with Crippen LogP contribution in [0.1, 0.15) is 68.9 Å². The Morgan fingerprint density at radius 2 is 1.59 bits per heavy atom. The van der Waals surface area contributed by atoms with Crippen molar-refractivity contribution < 1.29 is 29.0 Å². The molecule has 216 valence electrons. The highest BCUT2D eigenvalue weighted by Gasteiger charge is 2.43. The van der Waals surface area contributed by atoms with Crippen LogP contribution in [0.15, 0.2) is 52.9 Å². The summed E-state index contributed by atoms with van der Waals surface area (Å²) >= 11 is 19.2. The van der Waals surface area contributed by atoms with Gasteiger partial charge in [0.25, 0.3) is 0 Å². The molecule has 7 nitrogen and oxygen atoms in total. The first-order valence-electron chi connectivity index (χ1n) is 13.7. The number of aliphatic carboxylic acids is 1. The summed E-state index contributed by atoms with van der Waals surface area (Å²) in [5.74, 6) is -0.885. The summed E-state index contributed by atoms with van der Waals surface area (Å²) in [5.41, 5.74) is 4.11. The number of hydrogen-bond donors (Lipinski definition) is 1. The number of rotatable bonds is 9. The van der Waals surface area contributed by atoms with Gasteiger partial charge >= 0.3 is 5.97 Å². The number of ketones is 2. The van der Waals surface area contributed by atoms with E-state index in [2.05, 4.69) is 0 Å². The minimum Gasteiger partial charge on any atom is -0.490 e. The summed E-state index contributed by atoms with van der Waals surface area (Å²) in [6.45, 7) is 2.52. The first-order chi connectivity index (χ1) is 19.7. The first-order valence-corrected chi connectivity index (χ1v) is 14.9. The van der Waals surface area contributed by atoms with E-state index < -0.39 is 11.9 Å². The number of carboxylic acids is 1. The monoisotopic (exact) mass is 617 g/mol. The maximum absolute atomic E-state index is 13.5. The third-order valence-electron chi connectivity index (χ3n) is 7.69. The van der Waals surface area contributed by atoms with Crippen LogP contribution in [0, 0.1) is 0 Å². The van der Waals surface area contributed by atoms with Crippen molar-refractivity contribution >= 4 is 52.3 Å². The summed E-state index contributed by atoms with van der Waals surface area (Å²) in [4.78, 5) is 40.4. The maximum atomic E-state index is 13.5. The molecule has 10 heteroatoms. The van der Waals surface area contributed by atoms with Crippen molar-refractivity contribution in [2.45, 2.75) is 64.4 Å². The van der Waals surface area contributed by atoms with Crippen molar-refractivity contribution in [2.75, 3.05) is 13.2 Å². The van der Waals surface area contributed by atoms with Crippen LogP contribution < -0.4 is 9.47 Å². The van der Waals surface area contributed by atoms with Crippen LogP contribution in [0.2, 0.25) is 15.1 Å². The zero-order valence-electron chi connectivity index (χ0n) is 22.6. The Hall–Kier alpha value is -3.00. The van der Waals surface area contributed by atoms with E-state index in [-0.39, 0.29) is 36.2 Å². The molecule has 3 aliphatic rings. The lowest BCUT2D eigenvalue weighted by atomic mass is 9.71. The Bertz CT molecular complexity index is 1440. The molecule has 2 aromatic carbocycles. The fourth-order valence-corrected chi connectivity index (χ4v) is 6.71. The van der Waals surface area contributed by atoms with Crippen molar-refractivity contribution in [1.82, 2.24) is 4.90 Å². The lowest BCUT2D eigenvalue weighted by Gasteiger charge is -2.44. The fourth-order valence-electron chi connectivity index (χ4n) is 5.97. The van der Waals surface area contributed by atoms with Gasteiger partial charge in [0.2, 0.25) is 0 Å². The molecule has 0 fully saturated rings. The summed E-state index contributed by atoms with van der Waals surface area (Å²) in [6, 6.07) is 8.67. The second kappa shape index (κ2) is 12.5. The van der Waals surface area contributed by atoms with Crippen LogP contribution in [-0.2, 0) is 21.0 Å². The van der Waals surface area contributed by atoms with Crippen molar-refractivity contribution in [3.05, 3.63) is 79.1 Å². The van der Waals surface area contributed by atoms with E-state index >= 15 is 0 Å². The number of carbonyl (C=O) groups is 3. The number of Topliss-reactive ketones (excluding diaryl/α,β-unsaturated/α-hetero) is 2. The van der Waals surface area contributed by atoms with Gasteiger partial charge in [-0.1, -0.05) is 40.9 Å². The zero-order valence-corrected chi connectivity index (χ0v) is 24.9. The number of carboxylic acid groups (broad SMARTS) is 1. The van der Waals surface area contributed by atoms with E-state index in [4.69, 9.17) is 44.3 Å². The highest BCUT2D eigenvalue weighted by molar-refractivity contribution is 6.35. The number of benzene rings is 2. The average molecular weight is 619 g/mol. The smallest absolute Gasteiger partial charge is 0.305 e. The molecule has 0 radical (unpaired) electrons. The van der Waals surface area contributed by atoms with E-state index in [0.29, 0.717) is 83.4 Å². The lowest BCUT2D eigenvalue weighted by molar-refractivity contribution is -0.137. The van der Waals surface area contributed by atoms with Crippen molar-refractivity contribution in [1.29, 1.82) is 0 Å². The molecule has 1 heterocycles. The van der Waals surface area contributed by atoms with Crippen LogP contribution in [0.3, 0.4) is 0 Å². The third kappa shape index (κ3) is 5.99. The van der Waals surface area contributed by atoms with Crippen molar-refractivity contribution in [3.63, 3.8) is 0 Å². The Morgan fingerprint density at radius 1 is 0.927 bits per heavy atom. The van der Waals surface area contributed by atoms with Crippen LogP contribution in [0.25, 0.3) is 0 Å². The van der Waals surface area contributed by atoms with Crippen LogP contribution in [0.5, 0.6) is 11.5 Å². The lowest BCUT2D eigenvalue weighted by Crippen LogP contribution is -2.39. The van der Waals surface area contributed by atoms with Gasteiger partial charge in [-0.3, -0.25) is 14.4 Å². The van der Waals surface area contributed by atoms with Gasteiger partial charge in [-0.2, -0.15) is 0 Å². The molecule has 0 atom stereocenters. The topological polar surface area (TPSA) is 93.1 Å². The van der Waals surface area contributed by atoms with Crippen molar-refractivity contribution in [2.24, 2.45) is 0 Å². The summed E-state index contributed by atoms with van der Waals surface area (Å²) < 4.78 is 12.0. The molecule has 1 N–H and O–H groups in total. The molecule has 2 aliphatic carbocycles. The van der Waals surface area contributed by atoms with E-state index in [1.165, 1.54) is 0 Å². The van der Waals surface area contributed by atoms with Gasteiger partial charge in [0, 0.05) is 63.5 Å². The molecule has 0 spiro atoms. The van der Waals surface area contributed by atoms with Crippen LogP contribution in [0.4, 0.5) is 0 Å². The highest BCUT2D eigenvalue weighted by Crippen LogP contribution is 2.51. The normalized spacial score (nSPS) is 17.5. The van der Waals surface area contributed by atoms with Gasteiger partial charge in [0.1, 0.15) is 6.61 Å². The number of carbonyl (C=O) groups excluding carboxylic acids is 2. The van der Waals surface area contributed by atoms with Gasteiger partial charge in [-0.25, -0.2) is 0 Å². The van der Waals surface area contributed by atoms with Gasteiger partial charge in [0.05, 0.1) is 18.1 Å². The molecule has 0 aromatic heterocycles. The minimum absolute atomic E-state index is 0.0340. The molecule has 1 aliphatic heterocycles. The Labute approximate surface area is 253 Å². The third-order valence-corrected chi connectivity index (χ3v) is 8.56. The highest BCUT2D eigenvalue weighted by atomic mass is 35.5. The fraction of sp³-hybridized carbons (Fsp3) is 0.387. The number of allylic oxidation sites excluding steroid dienone is 4. The van der Waals surface area contributed by atoms with Crippen LogP contribution in [-0.4, -0.2) is 40.7 Å². The second-order valence-corrected chi connectivity index (χ2v) is 11.5. The quantitative estimate of drug-likeness (QED) is 0.311. The minimum atomic E-state index is -0.927. The summed E-state index contributed by atoms with van der Waals surface area (Å²) in [7, 11) is 0. The predicted octanol–water partition coefficient (Wildman–Crippen LogP) is 7.51. The zero-order chi connectivity index (χ0) is 29.3. The standard InChI is InChI=1S/C31H30Cl3NO6/c1-2-40-26-14-18(13-21(34)31(26)41-16-17-9-10-19(32)15-20(17)33)28-29-22(5-3-7-24(29)36)35(12-11-27(38)39)23-6-4-8-25(37)30(23)28/h9-10,13-15,28H,2-8,11-12,16H2,1H3,(H,38,39). The number of halogens is 3. The SMILES string of the molecule is CCOc1cc(C2C3=C(CCCC3=O)N(CCC(=O)O)C3=C2C(=O)CCC3)cc(Cl)c1OCc1ccc(Cl)cc1Cl. The summed E-state index contributed by atoms with van der Waals surface area (Å²) in [6.07, 6.45) is 3.27. The Morgan fingerprint density at radius 3 is 2.17 bits per heavy atom. The maximum Gasteiger partial charge on any atom is 0.305 e. The van der Waals surface area contributed by atoms with Gasteiger partial charge in [0.15, 0.2) is 23.1 Å². The van der Waals surface area contributed by atoms with E-state index in [9.17, 15) is 19.5 Å². The molecule has 0 unspecified atom stereocenters. The van der Waals surface area contributed by atoms with Gasteiger partial charge < -0.3 is 19.5 Å². The number of ether oxygens (including phenoxy) is 2. The molecule has 5 rings (SSSR count). The van der Waals surface area contributed by atoms with Gasteiger partial charge in [-0.05, 0) is 62.4 Å². The van der Waals surface area contributed by atoms with Gasteiger partial charge in [-0.15, -0.1) is 0 Å². The van der Waals surface area contributed by atoms with E-state index in [0.717, 1.165) is 17.0 Å².